The third-order valence-corrected chi connectivity index (χ3v) is 5.51. The number of carbonyl (C=O) groups excluding carboxylic acids is 2. The van der Waals surface area contributed by atoms with Gasteiger partial charge >= 0.3 is 6.03 Å². The van der Waals surface area contributed by atoms with Crippen LogP contribution in [0.25, 0.3) is 11.4 Å². The van der Waals surface area contributed by atoms with Crippen molar-refractivity contribution in [2.75, 3.05) is 5.75 Å². The van der Waals surface area contributed by atoms with E-state index in [9.17, 15) is 9.59 Å². The highest BCUT2D eigenvalue weighted by atomic mass is 32.2. The first kappa shape index (κ1) is 20.4. The summed E-state index contributed by atoms with van der Waals surface area (Å²) in [5, 5.41) is 14.3. The van der Waals surface area contributed by atoms with Gasteiger partial charge in [0.2, 0.25) is 5.91 Å². The van der Waals surface area contributed by atoms with Crippen molar-refractivity contribution in [3.63, 3.8) is 0 Å². The SMILES string of the molecule is CCn1c(SCC(=O)NC(=O)NC2CC2)nnc1-c1ccc(C(C)(C)C)cc1. The van der Waals surface area contributed by atoms with Crippen molar-refractivity contribution in [1.82, 2.24) is 25.4 Å². The van der Waals surface area contributed by atoms with E-state index < -0.39 is 6.03 Å². The summed E-state index contributed by atoms with van der Waals surface area (Å²) in [5.41, 5.74) is 2.34. The first-order valence-corrected chi connectivity index (χ1v) is 10.5. The van der Waals surface area contributed by atoms with E-state index in [0.29, 0.717) is 11.7 Å². The lowest BCUT2D eigenvalue weighted by Crippen LogP contribution is -2.41. The summed E-state index contributed by atoms with van der Waals surface area (Å²) < 4.78 is 1.98. The van der Waals surface area contributed by atoms with Crippen molar-refractivity contribution in [3.05, 3.63) is 29.8 Å². The lowest BCUT2D eigenvalue weighted by molar-refractivity contribution is -0.117. The molecule has 1 saturated carbocycles. The fourth-order valence-electron chi connectivity index (χ4n) is 2.76. The molecule has 1 aliphatic carbocycles. The molecule has 1 heterocycles. The molecule has 1 aromatic heterocycles. The number of rotatable bonds is 6. The van der Waals surface area contributed by atoms with E-state index in [1.54, 1.807) is 0 Å². The number of nitrogens with one attached hydrogen (secondary N) is 2. The average molecular weight is 402 g/mol. The van der Waals surface area contributed by atoms with Crippen LogP contribution in [0.3, 0.4) is 0 Å². The molecule has 0 bridgehead atoms. The predicted octanol–water partition coefficient (Wildman–Crippen LogP) is 3.34. The third kappa shape index (κ3) is 5.13. The van der Waals surface area contributed by atoms with Gasteiger partial charge in [0.15, 0.2) is 11.0 Å². The van der Waals surface area contributed by atoms with E-state index in [4.69, 9.17) is 0 Å². The minimum Gasteiger partial charge on any atom is -0.335 e. The van der Waals surface area contributed by atoms with Crippen LogP contribution in [0.5, 0.6) is 0 Å². The lowest BCUT2D eigenvalue weighted by atomic mass is 9.87. The largest absolute Gasteiger partial charge is 0.335 e. The van der Waals surface area contributed by atoms with Crippen LogP contribution in [0.15, 0.2) is 29.4 Å². The van der Waals surface area contributed by atoms with Crippen LogP contribution in [0.1, 0.15) is 46.1 Å². The summed E-state index contributed by atoms with van der Waals surface area (Å²) in [6.07, 6.45) is 1.96. The highest BCUT2D eigenvalue weighted by molar-refractivity contribution is 7.99. The molecule has 0 spiro atoms. The number of carbonyl (C=O) groups is 2. The molecule has 1 aromatic carbocycles. The summed E-state index contributed by atoms with van der Waals surface area (Å²) in [4.78, 5) is 23.6. The Morgan fingerprint density at radius 2 is 1.86 bits per heavy atom. The number of aromatic nitrogens is 3. The smallest absolute Gasteiger partial charge is 0.321 e. The average Bonchev–Trinajstić information content (AvgIpc) is 3.35. The standard InChI is InChI=1S/C20H27N5O2S/c1-5-25-17(13-6-8-14(9-7-13)20(2,3)4)23-24-19(25)28-12-16(26)22-18(27)21-15-10-11-15/h6-9,15H,5,10-12H2,1-4H3,(H2,21,22,26,27). The zero-order valence-corrected chi connectivity index (χ0v) is 17.6. The van der Waals surface area contributed by atoms with Gasteiger partial charge in [0.25, 0.3) is 0 Å². The van der Waals surface area contributed by atoms with Crippen molar-refractivity contribution >= 4 is 23.7 Å². The van der Waals surface area contributed by atoms with Gasteiger partial charge < -0.3 is 9.88 Å². The number of amides is 3. The Balaban J connectivity index is 1.64. The quantitative estimate of drug-likeness (QED) is 0.725. The fourth-order valence-corrected chi connectivity index (χ4v) is 3.56. The molecule has 0 saturated heterocycles. The molecule has 8 heteroatoms. The molecule has 3 amide bonds. The van der Waals surface area contributed by atoms with E-state index in [1.807, 2.05) is 11.5 Å². The third-order valence-electron chi connectivity index (χ3n) is 4.54. The molecule has 7 nitrogen and oxygen atoms in total. The van der Waals surface area contributed by atoms with Crippen LogP contribution < -0.4 is 10.6 Å². The van der Waals surface area contributed by atoms with Crippen LogP contribution in [0, 0.1) is 0 Å². The van der Waals surface area contributed by atoms with Gasteiger partial charge in [-0.05, 0) is 30.7 Å². The van der Waals surface area contributed by atoms with E-state index in [0.717, 1.165) is 24.2 Å². The normalized spacial score (nSPS) is 14.0. The van der Waals surface area contributed by atoms with E-state index in [-0.39, 0.29) is 23.1 Å². The second-order valence-electron chi connectivity index (χ2n) is 7.96. The van der Waals surface area contributed by atoms with Crippen LogP contribution in [0.4, 0.5) is 4.79 Å². The molecule has 28 heavy (non-hydrogen) atoms. The molecule has 0 atom stereocenters. The highest BCUT2D eigenvalue weighted by Crippen LogP contribution is 2.27. The van der Waals surface area contributed by atoms with Crippen LogP contribution in [0.2, 0.25) is 0 Å². The van der Waals surface area contributed by atoms with Gasteiger partial charge in [0, 0.05) is 18.2 Å². The molecule has 1 fully saturated rings. The van der Waals surface area contributed by atoms with Gasteiger partial charge in [-0.1, -0.05) is 56.8 Å². The second kappa shape index (κ2) is 8.34. The van der Waals surface area contributed by atoms with Crippen LogP contribution in [-0.4, -0.2) is 38.5 Å². The number of hydrogen-bond acceptors (Lipinski definition) is 5. The van der Waals surface area contributed by atoms with Gasteiger partial charge in [0.1, 0.15) is 0 Å². The number of thioether (sulfide) groups is 1. The molecule has 2 N–H and O–H groups in total. The van der Waals surface area contributed by atoms with Crippen molar-refractivity contribution < 1.29 is 9.59 Å². The van der Waals surface area contributed by atoms with Gasteiger partial charge in [-0.3, -0.25) is 10.1 Å². The van der Waals surface area contributed by atoms with Crippen molar-refractivity contribution in [2.45, 2.75) is 63.7 Å². The summed E-state index contributed by atoms with van der Waals surface area (Å²) >= 11 is 1.28. The summed E-state index contributed by atoms with van der Waals surface area (Å²) in [6.45, 7) is 9.25. The minimum absolute atomic E-state index is 0.0944. The Kier molecular flexibility index (Phi) is 6.07. The van der Waals surface area contributed by atoms with Gasteiger partial charge in [-0.15, -0.1) is 10.2 Å². The zero-order chi connectivity index (χ0) is 20.3. The van der Waals surface area contributed by atoms with Gasteiger partial charge in [-0.25, -0.2) is 4.79 Å². The number of nitrogens with zero attached hydrogens (tertiary/aromatic N) is 3. The monoisotopic (exact) mass is 401 g/mol. The Morgan fingerprint density at radius 1 is 1.18 bits per heavy atom. The predicted molar refractivity (Wildman–Crippen MR) is 110 cm³/mol. The molecule has 0 aliphatic heterocycles. The lowest BCUT2D eigenvalue weighted by Gasteiger charge is -2.19. The molecular weight excluding hydrogens is 374 g/mol. The number of hydrogen-bond donors (Lipinski definition) is 2. The maximum atomic E-state index is 12.0. The number of imide groups is 1. The molecular formula is C20H27N5O2S. The highest BCUT2D eigenvalue weighted by Gasteiger charge is 2.24. The number of urea groups is 1. The van der Waals surface area contributed by atoms with Crippen molar-refractivity contribution in [1.29, 1.82) is 0 Å². The number of benzene rings is 1. The Bertz CT molecular complexity index is 850. The topological polar surface area (TPSA) is 88.9 Å². The fraction of sp³-hybridized carbons (Fsp3) is 0.500. The summed E-state index contributed by atoms with van der Waals surface area (Å²) in [6, 6.07) is 8.13. The van der Waals surface area contributed by atoms with E-state index >= 15 is 0 Å². The summed E-state index contributed by atoms with van der Waals surface area (Å²) in [7, 11) is 0. The molecule has 0 unspecified atom stereocenters. The Hall–Kier alpha value is -2.35. The molecule has 150 valence electrons. The Labute approximate surface area is 169 Å². The molecule has 1 aliphatic rings. The molecule has 0 radical (unpaired) electrons. The minimum atomic E-state index is -0.426. The van der Waals surface area contributed by atoms with Crippen LogP contribution >= 0.6 is 11.8 Å². The summed E-state index contributed by atoms with van der Waals surface area (Å²) in [5.74, 6) is 0.543. The maximum Gasteiger partial charge on any atom is 0.321 e. The first-order valence-electron chi connectivity index (χ1n) is 9.55. The van der Waals surface area contributed by atoms with E-state index in [1.165, 1.54) is 17.3 Å². The maximum absolute atomic E-state index is 12.0. The van der Waals surface area contributed by atoms with Crippen LogP contribution in [-0.2, 0) is 16.8 Å². The van der Waals surface area contributed by atoms with Crippen molar-refractivity contribution in [3.8, 4) is 11.4 Å². The second-order valence-corrected chi connectivity index (χ2v) is 8.90. The van der Waals surface area contributed by atoms with E-state index in [2.05, 4.69) is 65.9 Å². The zero-order valence-electron chi connectivity index (χ0n) is 16.8. The van der Waals surface area contributed by atoms with Gasteiger partial charge in [0.05, 0.1) is 5.75 Å². The molecule has 2 aromatic rings. The van der Waals surface area contributed by atoms with Gasteiger partial charge in [-0.2, -0.15) is 0 Å². The molecule has 3 rings (SSSR count). The first-order chi connectivity index (χ1) is 13.3. The van der Waals surface area contributed by atoms with Crippen molar-refractivity contribution in [2.24, 2.45) is 0 Å². The Morgan fingerprint density at radius 3 is 2.43 bits per heavy atom.